The quantitative estimate of drug-likeness (QED) is 0.0211. The Hall–Kier alpha value is -11.4. The van der Waals surface area contributed by atoms with E-state index in [2.05, 4.69) is 129 Å². The zero-order chi connectivity index (χ0) is 84.9. The molecule has 0 aliphatic heterocycles. The summed E-state index contributed by atoms with van der Waals surface area (Å²) >= 11 is 12.1. The first kappa shape index (κ1) is 90.2. The number of aryl methyl sites for hydroxylation is 2. The number of hydrogen-bond donors (Lipinski definition) is 7. The Labute approximate surface area is 695 Å². The van der Waals surface area contributed by atoms with Crippen molar-refractivity contribution in [1.82, 2.24) is 0 Å². The van der Waals surface area contributed by atoms with Crippen LogP contribution in [-0.4, -0.2) is 90.5 Å². The van der Waals surface area contributed by atoms with Gasteiger partial charge in [0.05, 0.1) is 61.3 Å². The molecule has 0 saturated heterocycles. The number of non-ortho nitro benzene ring substituents is 1. The summed E-state index contributed by atoms with van der Waals surface area (Å²) in [5.74, 6) is 18.2. The van der Waals surface area contributed by atoms with Crippen LogP contribution in [0.1, 0.15) is 224 Å². The predicted molar refractivity (Wildman–Crippen MR) is 475 cm³/mol. The number of nitrogens with zero attached hydrogens (tertiary/aromatic N) is 2. The normalized spacial score (nSPS) is 19.4. The molecule has 0 bridgehead atoms. The number of fused-ring (bicyclic) bond motifs is 7. The second kappa shape index (κ2) is 41.8. The summed E-state index contributed by atoms with van der Waals surface area (Å²) in [4.78, 5) is 13.8. The van der Waals surface area contributed by atoms with Crippen LogP contribution < -0.4 is 4.74 Å². The molecule has 0 spiro atoms. The summed E-state index contributed by atoms with van der Waals surface area (Å²) in [5, 5.41) is 82.6. The van der Waals surface area contributed by atoms with Crippen molar-refractivity contribution in [3.8, 4) is 92.2 Å². The summed E-state index contributed by atoms with van der Waals surface area (Å²) in [6.07, 6.45) is 49.9. The van der Waals surface area contributed by atoms with E-state index >= 15 is 0 Å². The first-order chi connectivity index (χ1) is 55.4. The van der Waals surface area contributed by atoms with Crippen LogP contribution in [0.4, 0.5) is 11.4 Å². The van der Waals surface area contributed by atoms with Crippen LogP contribution in [0.3, 0.4) is 0 Å². The number of rotatable bonds is 16. The Morgan fingerprint density at radius 1 is 0.397 bits per heavy atom. The minimum Gasteiger partial charge on any atom is -0.496 e. The lowest BCUT2D eigenvalue weighted by atomic mass is 9.89. The van der Waals surface area contributed by atoms with Crippen molar-refractivity contribution in [2.24, 2.45) is 0 Å². The van der Waals surface area contributed by atoms with Gasteiger partial charge in [0.2, 0.25) is 0 Å². The van der Waals surface area contributed by atoms with E-state index in [0.29, 0.717) is 49.2 Å². The molecule has 0 fully saturated rings. The lowest BCUT2D eigenvalue weighted by Crippen LogP contribution is -2.17. The van der Waals surface area contributed by atoms with Gasteiger partial charge in [0.15, 0.2) is 5.69 Å². The zero-order valence-corrected chi connectivity index (χ0v) is 68.8. The van der Waals surface area contributed by atoms with Gasteiger partial charge in [-0.3, -0.25) is 10.1 Å². The minimum absolute atomic E-state index is 0.00356. The SMILES string of the molecule is C#CCC(O)C1C(C)=Cc2c(C)cccc21.C#CCC(O)C1C(C)=Cc2c(Cl)cccc21.C#CCC(O)C1C(C)=Cc2c(OC)cccc21.C#CCC(O)C1C(C)=Cc2ccc(C)cc21.C#CCC(O)C1C(C)=Cc2ccc(Cl)cc21.C#CCC(O)C1C(C)=Cc2ccc([N+](=O)[O-])cc21.[C-]#[N+]c1ccc2c(c1)C(C(O)CC#C)C(C)=C2. The Morgan fingerprint density at radius 2 is 0.716 bits per heavy atom. The van der Waals surface area contributed by atoms with Crippen LogP contribution in [0, 0.1) is 117 Å². The monoisotopic (exact) mass is 1580 g/mol. The Morgan fingerprint density at radius 3 is 1.12 bits per heavy atom. The molecule has 0 amide bonds. The van der Waals surface area contributed by atoms with Crippen LogP contribution in [-0.2, 0) is 0 Å². The summed E-state index contributed by atoms with van der Waals surface area (Å²) < 4.78 is 5.33. The third kappa shape index (κ3) is 21.2. The maximum Gasteiger partial charge on any atom is 0.269 e. The molecule has 12 nitrogen and oxygen atoms in total. The Balaban J connectivity index is 0.000000169. The third-order valence-corrected chi connectivity index (χ3v) is 22.5. The van der Waals surface area contributed by atoms with Crippen molar-refractivity contribution in [2.75, 3.05) is 7.11 Å². The largest absolute Gasteiger partial charge is 0.496 e. The van der Waals surface area contributed by atoms with Crippen molar-refractivity contribution in [2.45, 2.75) is 191 Å². The van der Waals surface area contributed by atoms with E-state index in [1.807, 2.05) is 126 Å². The molecule has 14 atom stereocenters. The van der Waals surface area contributed by atoms with E-state index in [4.69, 9.17) is 79.5 Å². The number of aliphatic hydroxyl groups excluding tert-OH is 7. The van der Waals surface area contributed by atoms with E-state index in [0.717, 1.165) is 94.3 Å². The van der Waals surface area contributed by atoms with Gasteiger partial charge in [0.1, 0.15) is 5.75 Å². The lowest BCUT2D eigenvalue weighted by molar-refractivity contribution is -0.384. The van der Waals surface area contributed by atoms with E-state index < -0.39 is 47.7 Å². The number of hydrogen-bond acceptors (Lipinski definition) is 10. The molecule has 7 aromatic rings. The minimum atomic E-state index is -0.700. The van der Waals surface area contributed by atoms with Crippen LogP contribution in [0.2, 0.25) is 10.0 Å². The Bertz CT molecular complexity index is 5190. The number of methoxy groups -OCH3 is 1. The van der Waals surface area contributed by atoms with Crippen molar-refractivity contribution in [3.05, 3.63) is 287 Å². The Kier molecular flexibility index (Phi) is 32.5. The van der Waals surface area contributed by atoms with Crippen molar-refractivity contribution < 1.29 is 45.4 Å². The summed E-state index contributed by atoms with van der Waals surface area (Å²) in [5.41, 5.74) is 26.1. The molecule has 7 aliphatic carbocycles. The van der Waals surface area contributed by atoms with E-state index in [1.165, 1.54) is 56.7 Å². The number of benzene rings is 7. The first-order valence-electron chi connectivity index (χ1n) is 38.3. The van der Waals surface area contributed by atoms with Gasteiger partial charge >= 0.3 is 0 Å². The maximum atomic E-state index is 10.8. The van der Waals surface area contributed by atoms with Gasteiger partial charge in [-0.05, 0) is 171 Å². The molecule has 14 rings (SSSR count). The number of aliphatic hydroxyl groups is 7. The highest BCUT2D eigenvalue weighted by molar-refractivity contribution is 6.32. The van der Waals surface area contributed by atoms with Crippen LogP contribution in [0.15, 0.2) is 166 Å². The molecule has 7 N–H and O–H groups in total. The number of halogens is 2. The molecule has 0 saturated carbocycles. The molecule has 14 heteroatoms. The zero-order valence-electron chi connectivity index (χ0n) is 67.2. The fraction of sp³-hybridized carbons (Fsp3) is 0.304. The molecule has 116 heavy (non-hydrogen) atoms. The molecule has 7 aromatic carbocycles. The molecule has 0 radical (unpaired) electrons. The van der Waals surface area contributed by atoms with Crippen LogP contribution in [0.5, 0.6) is 5.75 Å². The van der Waals surface area contributed by atoms with Gasteiger partial charge in [-0.25, -0.2) is 4.85 Å². The van der Waals surface area contributed by atoms with Gasteiger partial charge in [0.25, 0.3) is 5.69 Å². The average Bonchev–Trinajstić information content (AvgIpc) is 1.68. The summed E-state index contributed by atoms with van der Waals surface area (Å²) in [6.45, 7) is 25.2. The third-order valence-electron chi connectivity index (χ3n) is 21.9. The first-order valence-corrected chi connectivity index (χ1v) is 39.0. The topological polar surface area (TPSA) is 198 Å². The van der Waals surface area contributed by atoms with Gasteiger partial charge in [-0.15, -0.1) is 86.4 Å². The van der Waals surface area contributed by atoms with Gasteiger partial charge in [0, 0.05) is 114 Å². The number of nitro benzene ring substituents is 1. The molecule has 7 aliphatic rings. The second-order valence-electron chi connectivity index (χ2n) is 30.1. The van der Waals surface area contributed by atoms with Gasteiger partial charge in [-0.2, -0.15) is 0 Å². The fourth-order valence-electron chi connectivity index (χ4n) is 16.7. The van der Waals surface area contributed by atoms with Gasteiger partial charge < -0.3 is 40.5 Å². The number of terminal acetylenes is 7. The highest BCUT2D eigenvalue weighted by Gasteiger charge is 2.36. The maximum absolute atomic E-state index is 10.8. The number of nitro groups is 1. The molecule has 592 valence electrons. The summed E-state index contributed by atoms with van der Waals surface area (Å²) in [7, 11) is 1.66. The fourth-order valence-corrected chi connectivity index (χ4v) is 17.1. The van der Waals surface area contributed by atoms with E-state index in [1.54, 1.807) is 19.2 Å². The lowest BCUT2D eigenvalue weighted by Gasteiger charge is -2.19. The second-order valence-corrected chi connectivity index (χ2v) is 30.9. The van der Waals surface area contributed by atoms with Crippen molar-refractivity contribution in [3.63, 3.8) is 0 Å². The van der Waals surface area contributed by atoms with E-state index in [-0.39, 0.29) is 53.5 Å². The highest BCUT2D eigenvalue weighted by Crippen LogP contribution is 2.48. The molecule has 0 heterocycles. The molecule has 0 aromatic heterocycles. The predicted octanol–water partition coefficient (Wildman–Crippen LogP) is 20.4. The average molecular weight is 1580 g/mol. The van der Waals surface area contributed by atoms with Crippen LogP contribution in [0.25, 0.3) is 47.4 Å². The van der Waals surface area contributed by atoms with Crippen LogP contribution >= 0.6 is 23.2 Å². The number of ether oxygens (including phenoxy) is 1. The highest BCUT2D eigenvalue weighted by atomic mass is 35.5. The smallest absolute Gasteiger partial charge is 0.269 e. The van der Waals surface area contributed by atoms with Crippen molar-refractivity contribution >= 4 is 77.1 Å². The summed E-state index contributed by atoms with van der Waals surface area (Å²) in [6, 6.07) is 40.2. The van der Waals surface area contributed by atoms with Gasteiger partial charge in [-0.1, -0.05) is 195 Å². The molecular formula is C102H100Cl2N2O10. The molecular weight excluding hydrogens is 1480 g/mol. The van der Waals surface area contributed by atoms with E-state index in [9.17, 15) is 45.9 Å². The standard InChI is InChI=1S/C15H13NO.C15H16O2.2C15H16O.2C14H13ClO.C14H13NO3/c1-4-5-14(17)15-10(2)8-11-6-7-12(16-3)9-13(11)15;1-4-6-13(16)15-10(2)9-12-11(15)7-5-8-14(12)17-3;1-4-6-14(16)15-11(3)9-13-10(2)7-5-8-12(13)15;1-4-5-14(16)15-11(3)9-12-7-6-10(2)8-13(12)15;1-3-5-13(16)14-9(2)8-11-10(14)6-4-7-12(11)15;1-3-4-13(16)14-9(2)7-10-5-6-11(15)8-12(10)14;1-3-4-13(16)14-9(2)7-10-5-6-11(15(17)18)8-12(10)14/h1,6-9,14-15,17H,5H2,2H3;1,5,7-9,13,15-16H,6H2,2-3H3;1,5,7-9,14-16H,6H2,2-3H3;1,6-9,14-16H,5H2,2-3H3;1,4,6-8,13-14,16H,5H2,2H3;1,5-8,13-14,16H,4H2,2H3;1,5-8,13-14,16H,4H2,2H3. The van der Waals surface area contributed by atoms with Crippen molar-refractivity contribution in [1.29, 1.82) is 0 Å². The molecule has 14 unspecified atom stereocenters.